The Hall–Kier alpha value is -1.36. The van der Waals surface area contributed by atoms with Gasteiger partial charge in [0, 0.05) is 22.6 Å². The van der Waals surface area contributed by atoms with Crippen LogP contribution in [0.15, 0.2) is 42.5 Å². The summed E-state index contributed by atoms with van der Waals surface area (Å²) in [4.78, 5) is 0. The van der Waals surface area contributed by atoms with Crippen molar-refractivity contribution >= 4 is 23.4 Å². The molecule has 1 aliphatic heterocycles. The molecular weight excluding hydrogens is 306 g/mol. The third-order valence-corrected chi connectivity index (χ3v) is 4.82. The largest absolute Gasteiger partial charge is 0.454 e. The molecule has 1 aliphatic rings. The molecule has 0 saturated carbocycles. The standard InChI is InChI=1S/C16H16ClNO2S/c17-13-4-2-1-3-12(13)8-21-9-14(18)11-5-6-15-16(7-11)20-10-19-15/h1-7,14H,8-10,18H2. The van der Waals surface area contributed by atoms with Gasteiger partial charge in [-0.25, -0.2) is 0 Å². The smallest absolute Gasteiger partial charge is 0.231 e. The average Bonchev–Trinajstić information content (AvgIpc) is 2.96. The zero-order chi connectivity index (χ0) is 14.7. The third-order valence-electron chi connectivity index (χ3n) is 3.34. The molecule has 3 rings (SSSR count). The van der Waals surface area contributed by atoms with E-state index in [2.05, 4.69) is 0 Å². The summed E-state index contributed by atoms with van der Waals surface area (Å²) in [7, 11) is 0. The Morgan fingerprint density at radius 3 is 2.81 bits per heavy atom. The number of halogens is 1. The Bertz CT molecular complexity index is 635. The summed E-state index contributed by atoms with van der Waals surface area (Å²) < 4.78 is 10.7. The first-order valence-corrected chi connectivity index (χ1v) is 8.23. The summed E-state index contributed by atoms with van der Waals surface area (Å²) in [5.41, 5.74) is 8.44. The van der Waals surface area contributed by atoms with Gasteiger partial charge in [0.15, 0.2) is 11.5 Å². The highest BCUT2D eigenvalue weighted by Crippen LogP contribution is 2.34. The number of benzene rings is 2. The average molecular weight is 322 g/mol. The molecule has 0 bridgehead atoms. The van der Waals surface area contributed by atoms with E-state index in [-0.39, 0.29) is 12.8 Å². The quantitative estimate of drug-likeness (QED) is 0.904. The van der Waals surface area contributed by atoms with Crippen LogP contribution in [-0.2, 0) is 5.75 Å². The van der Waals surface area contributed by atoms with Gasteiger partial charge in [-0.1, -0.05) is 35.9 Å². The molecule has 3 nitrogen and oxygen atoms in total. The van der Waals surface area contributed by atoms with Gasteiger partial charge in [-0.05, 0) is 29.3 Å². The van der Waals surface area contributed by atoms with Crippen LogP contribution in [0.2, 0.25) is 5.02 Å². The Balaban J connectivity index is 1.57. The first-order chi connectivity index (χ1) is 10.2. The molecule has 0 spiro atoms. The fraction of sp³-hybridized carbons (Fsp3) is 0.250. The highest BCUT2D eigenvalue weighted by Gasteiger charge is 2.16. The molecule has 0 saturated heterocycles. The Labute approximate surface area is 133 Å². The molecule has 2 N–H and O–H groups in total. The maximum atomic E-state index is 6.24. The van der Waals surface area contributed by atoms with E-state index in [4.69, 9.17) is 26.8 Å². The van der Waals surface area contributed by atoms with Gasteiger partial charge in [0.25, 0.3) is 0 Å². The van der Waals surface area contributed by atoms with Crippen LogP contribution in [0.25, 0.3) is 0 Å². The minimum Gasteiger partial charge on any atom is -0.454 e. The van der Waals surface area contributed by atoms with Crippen molar-refractivity contribution in [1.82, 2.24) is 0 Å². The molecule has 1 unspecified atom stereocenters. The van der Waals surface area contributed by atoms with Gasteiger partial charge in [-0.15, -0.1) is 0 Å². The number of nitrogens with two attached hydrogens (primary N) is 1. The molecule has 1 heterocycles. The second kappa shape index (κ2) is 6.60. The fourth-order valence-corrected chi connectivity index (χ4v) is 3.47. The van der Waals surface area contributed by atoms with Gasteiger partial charge in [0.05, 0.1) is 0 Å². The van der Waals surface area contributed by atoms with Gasteiger partial charge in [0.2, 0.25) is 6.79 Å². The van der Waals surface area contributed by atoms with Gasteiger partial charge in [0.1, 0.15) is 0 Å². The summed E-state index contributed by atoms with van der Waals surface area (Å²) in [5, 5.41) is 0.807. The van der Waals surface area contributed by atoms with E-state index in [1.54, 1.807) is 11.8 Å². The van der Waals surface area contributed by atoms with Crippen LogP contribution in [0, 0.1) is 0 Å². The summed E-state index contributed by atoms with van der Waals surface area (Å²) in [5.74, 6) is 3.25. The van der Waals surface area contributed by atoms with Crippen molar-refractivity contribution in [2.45, 2.75) is 11.8 Å². The highest BCUT2D eigenvalue weighted by molar-refractivity contribution is 7.98. The monoisotopic (exact) mass is 321 g/mol. The summed E-state index contributed by atoms with van der Waals surface area (Å²) in [6.07, 6.45) is 0. The Kier molecular flexibility index (Phi) is 4.58. The maximum absolute atomic E-state index is 6.24. The van der Waals surface area contributed by atoms with Crippen molar-refractivity contribution in [3.63, 3.8) is 0 Å². The molecule has 0 amide bonds. The lowest BCUT2D eigenvalue weighted by atomic mass is 10.1. The van der Waals surface area contributed by atoms with E-state index < -0.39 is 0 Å². The minimum absolute atomic E-state index is 0.0352. The zero-order valence-corrected chi connectivity index (χ0v) is 13.0. The number of rotatable bonds is 5. The Morgan fingerprint density at radius 1 is 1.14 bits per heavy atom. The minimum atomic E-state index is -0.0352. The van der Waals surface area contributed by atoms with E-state index in [0.717, 1.165) is 39.2 Å². The van der Waals surface area contributed by atoms with Crippen LogP contribution in [0.3, 0.4) is 0 Å². The molecular formula is C16H16ClNO2S. The van der Waals surface area contributed by atoms with Crippen molar-refractivity contribution < 1.29 is 9.47 Å². The third kappa shape index (κ3) is 3.46. The lowest BCUT2D eigenvalue weighted by Gasteiger charge is -2.12. The van der Waals surface area contributed by atoms with Gasteiger partial charge >= 0.3 is 0 Å². The van der Waals surface area contributed by atoms with Crippen molar-refractivity contribution in [2.75, 3.05) is 12.5 Å². The lowest BCUT2D eigenvalue weighted by molar-refractivity contribution is 0.174. The predicted molar refractivity (Wildman–Crippen MR) is 87.1 cm³/mol. The first kappa shape index (κ1) is 14.6. The SMILES string of the molecule is NC(CSCc1ccccc1Cl)c1ccc2c(c1)OCO2. The van der Waals surface area contributed by atoms with Crippen LogP contribution < -0.4 is 15.2 Å². The van der Waals surface area contributed by atoms with Gasteiger partial charge in [-0.3, -0.25) is 0 Å². The second-order valence-electron chi connectivity index (χ2n) is 4.83. The second-order valence-corrected chi connectivity index (χ2v) is 6.26. The molecule has 2 aromatic carbocycles. The Morgan fingerprint density at radius 2 is 1.95 bits per heavy atom. The van der Waals surface area contributed by atoms with Crippen molar-refractivity contribution in [3.05, 3.63) is 58.6 Å². The molecule has 2 aromatic rings. The number of thioether (sulfide) groups is 1. The number of ether oxygens (including phenoxy) is 2. The predicted octanol–water partition coefficient (Wildman–Crippen LogP) is 4.00. The van der Waals surface area contributed by atoms with E-state index in [9.17, 15) is 0 Å². The van der Waals surface area contributed by atoms with E-state index in [1.807, 2.05) is 42.5 Å². The van der Waals surface area contributed by atoms with Crippen LogP contribution in [0.4, 0.5) is 0 Å². The van der Waals surface area contributed by atoms with Crippen molar-refractivity contribution in [1.29, 1.82) is 0 Å². The molecule has 21 heavy (non-hydrogen) atoms. The van der Waals surface area contributed by atoms with Crippen LogP contribution in [0.5, 0.6) is 11.5 Å². The summed E-state index contributed by atoms with van der Waals surface area (Å²) >= 11 is 7.92. The zero-order valence-electron chi connectivity index (χ0n) is 11.4. The summed E-state index contributed by atoms with van der Waals surface area (Å²) in [6, 6.07) is 13.7. The molecule has 0 aliphatic carbocycles. The molecule has 0 radical (unpaired) electrons. The summed E-state index contributed by atoms with van der Waals surface area (Å²) in [6.45, 7) is 0.287. The van der Waals surface area contributed by atoms with Gasteiger partial charge in [-0.2, -0.15) is 11.8 Å². The van der Waals surface area contributed by atoms with Crippen molar-refractivity contribution in [3.8, 4) is 11.5 Å². The molecule has 0 fully saturated rings. The van der Waals surface area contributed by atoms with E-state index in [0.29, 0.717) is 0 Å². The number of hydrogen-bond acceptors (Lipinski definition) is 4. The van der Waals surface area contributed by atoms with E-state index >= 15 is 0 Å². The fourth-order valence-electron chi connectivity index (χ4n) is 2.15. The molecule has 0 aromatic heterocycles. The van der Waals surface area contributed by atoms with Crippen LogP contribution in [-0.4, -0.2) is 12.5 Å². The normalized spacial score (nSPS) is 14.2. The molecule has 5 heteroatoms. The molecule has 110 valence electrons. The van der Waals surface area contributed by atoms with Crippen LogP contribution >= 0.6 is 23.4 Å². The van der Waals surface area contributed by atoms with E-state index in [1.165, 1.54) is 0 Å². The van der Waals surface area contributed by atoms with Crippen molar-refractivity contribution in [2.24, 2.45) is 5.73 Å². The van der Waals surface area contributed by atoms with Crippen LogP contribution in [0.1, 0.15) is 17.2 Å². The van der Waals surface area contributed by atoms with Gasteiger partial charge < -0.3 is 15.2 Å². The number of hydrogen-bond donors (Lipinski definition) is 1. The topological polar surface area (TPSA) is 44.5 Å². The highest BCUT2D eigenvalue weighted by atomic mass is 35.5. The number of fused-ring (bicyclic) bond motifs is 1. The molecule has 1 atom stereocenters. The lowest BCUT2D eigenvalue weighted by Crippen LogP contribution is -2.13. The first-order valence-electron chi connectivity index (χ1n) is 6.70. The maximum Gasteiger partial charge on any atom is 0.231 e.